The minimum absolute atomic E-state index is 0.205. The topological polar surface area (TPSA) is 45.7 Å². The number of rotatable bonds is 0. The summed E-state index contributed by atoms with van der Waals surface area (Å²) in [6, 6.07) is 3.29. The Morgan fingerprint density at radius 1 is 1.18 bits per heavy atom. The van der Waals surface area contributed by atoms with Gasteiger partial charge in [0, 0.05) is 30.0 Å². The first-order chi connectivity index (χ1) is 5.36. The number of pyridine rings is 2. The molecule has 2 aromatic rings. The smallest absolute Gasteiger partial charge is 0.267 e. The number of fused-ring (bicyclic) bond motifs is 1. The second-order valence-electron chi connectivity index (χ2n) is 2.25. The van der Waals surface area contributed by atoms with Crippen LogP contribution < -0.4 is 0 Å². The van der Waals surface area contributed by atoms with Crippen molar-refractivity contribution in [3.63, 3.8) is 0 Å². The van der Waals surface area contributed by atoms with Gasteiger partial charge in [-0.1, -0.05) is 0 Å². The molecule has 0 aromatic carbocycles. The van der Waals surface area contributed by atoms with Crippen LogP contribution in [0.2, 0.25) is 0 Å². The predicted molar refractivity (Wildman–Crippen MR) is 39.7 cm³/mol. The lowest BCUT2D eigenvalue weighted by Gasteiger charge is -1.92. The van der Waals surface area contributed by atoms with Crippen molar-refractivity contribution in [3.05, 3.63) is 30.7 Å². The fraction of sp³-hybridized carbons (Fsp3) is 0. The summed E-state index contributed by atoms with van der Waals surface area (Å²) in [6.07, 6.45) is 4.87. The standard InChI is InChI=1S/C8H5N2O/c11-8-3-6-1-2-9-4-7(6)5-10-8/h1-5H. The normalized spacial score (nSPS) is 10.2. The fourth-order valence-corrected chi connectivity index (χ4v) is 0.960. The Balaban J connectivity index is 2.83. The maximum absolute atomic E-state index is 10.8. The van der Waals surface area contributed by atoms with Crippen LogP contribution in [0.3, 0.4) is 0 Å². The summed E-state index contributed by atoms with van der Waals surface area (Å²) in [5.74, 6) is -0.205. The van der Waals surface area contributed by atoms with E-state index in [0.717, 1.165) is 10.8 Å². The molecule has 0 N–H and O–H groups in total. The Hall–Kier alpha value is -1.64. The number of hydrogen-bond acceptors (Lipinski definition) is 2. The average molecular weight is 145 g/mol. The molecule has 1 radical (unpaired) electrons. The average Bonchev–Trinajstić information content (AvgIpc) is 2.04. The van der Waals surface area contributed by atoms with Crippen molar-refractivity contribution in [2.45, 2.75) is 0 Å². The van der Waals surface area contributed by atoms with Crippen LogP contribution in [0, 0.1) is 0 Å². The van der Waals surface area contributed by atoms with E-state index in [2.05, 4.69) is 9.97 Å². The van der Waals surface area contributed by atoms with E-state index in [9.17, 15) is 5.11 Å². The first-order valence-electron chi connectivity index (χ1n) is 3.23. The third-order valence-electron chi connectivity index (χ3n) is 1.50. The highest BCUT2D eigenvalue weighted by atomic mass is 16.3. The van der Waals surface area contributed by atoms with E-state index in [-0.39, 0.29) is 5.88 Å². The summed E-state index contributed by atoms with van der Waals surface area (Å²) in [4.78, 5) is 7.51. The summed E-state index contributed by atoms with van der Waals surface area (Å²) in [5.41, 5.74) is 0. The summed E-state index contributed by atoms with van der Waals surface area (Å²) in [5, 5.41) is 12.5. The predicted octanol–water partition coefficient (Wildman–Crippen LogP) is 1.77. The minimum Gasteiger partial charge on any atom is -0.267 e. The molecule has 0 saturated carbocycles. The maximum Gasteiger partial charge on any atom is 0.270 e. The molecule has 2 rings (SSSR count). The molecule has 0 saturated heterocycles. The van der Waals surface area contributed by atoms with Crippen LogP contribution in [-0.4, -0.2) is 9.97 Å². The summed E-state index contributed by atoms with van der Waals surface area (Å²) < 4.78 is 0. The Bertz CT molecular complexity index is 387. The van der Waals surface area contributed by atoms with Crippen LogP contribution in [-0.2, 0) is 5.11 Å². The van der Waals surface area contributed by atoms with Crippen molar-refractivity contribution in [2.75, 3.05) is 0 Å². The van der Waals surface area contributed by atoms with Gasteiger partial charge in [0.2, 0.25) is 0 Å². The van der Waals surface area contributed by atoms with Gasteiger partial charge in [0.05, 0.1) is 0 Å². The SMILES string of the molecule is [O]c1cc2ccncc2cn1. The Morgan fingerprint density at radius 3 is 3.00 bits per heavy atom. The summed E-state index contributed by atoms with van der Waals surface area (Å²) in [6.45, 7) is 0. The zero-order chi connectivity index (χ0) is 7.68. The number of hydrogen-bond donors (Lipinski definition) is 0. The van der Waals surface area contributed by atoms with E-state index in [1.807, 2.05) is 0 Å². The minimum atomic E-state index is -0.205. The number of aromatic nitrogens is 2. The van der Waals surface area contributed by atoms with Gasteiger partial charge in [-0.25, -0.2) is 4.98 Å². The Labute approximate surface area is 63.3 Å². The van der Waals surface area contributed by atoms with Crippen LogP contribution in [0.1, 0.15) is 0 Å². The first kappa shape index (κ1) is 6.09. The van der Waals surface area contributed by atoms with Crippen molar-refractivity contribution in [1.82, 2.24) is 9.97 Å². The summed E-state index contributed by atoms with van der Waals surface area (Å²) in [7, 11) is 0. The van der Waals surface area contributed by atoms with E-state index >= 15 is 0 Å². The zero-order valence-corrected chi connectivity index (χ0v) is 5.69. The van der Waals surface area contributed by atoms with E-state index < -0.39 is 0 Å². The van der Waals surface area contributed by atoms with E-state index in [0.29, 0.717) is 0 Å². The van der Waals surface area contributed by atoms with Gasteiger partial charge in [0.1, 0.15) is 0 Å². The van der Waals surface area contributed by atoms with Gasteiger partial charge >= 0.3 is 0 Å². The van der Waals surface area contributed by atoms with Crippen molar-refractivity contribution >= 4 is 10.8 Å². The van der Waals surface area contributed by atoms with Crippen molar-refractivity contribution in [1.29, 1.82) is 0 Å². The maximum atomic E-state index is 10.8. The third-order valence-corrected chi connectivity index (χ3v) is 1.50. The van der Waals surface area contributed by atoms with E-state index in [1.54, 1.807) is 18.5 Å². The number of nitrogens with zero attached hydrogens (tertiary/aromatic N) is 2. The lowest BCUT2D eigenvalue weighted by molar-refractivity contribution is 0.338. The highest BCUT2D eigenvalue weighted by molar-refractivity contribution is 5.81. The lowest BCUT2D eigenvalue weighted by atomic mass is 10.2. The molecule has 0 fully saturated rings. The van der Waals surface area contributed by atoms with Gasteiger partial charge in [-0.3, -0.25) is 10.1 Å². The third kappa shape index (κ3) is 1.00. The molecule has 53 valence electrons. The molecule has 2 heterocycles. The van der Waals surface area contributed by atoms with Crippen LogP contribution in [0.15, 0.2) is 30.7 Å². The molecule has 3 heteroatoms. The molecule has 0 unspecified atom stereocenters. The van der Waals surface area contributed by atoms with Gasteiger partial charge in [0.15, 0.2) is 0 Å². The summed E-state index contributed by atoms with van der Waals surface area (Å²) >= 11 is 0. The molecule has 0 aliphatic heterocycles. The molecular formula is C8H5N2O. The monoisotopic (exact) mass is 145 g/mol. The van der Waals surface area contributed by atoms with Gasteiger partial charge in [-0.05, 0) is 11.5 Å². The molecule has 11 heavy (non-hydrogen) atoms. The van der Waals surface area contributed by atoms with Crippen molar-refractivity contribution in [2.24, 2.45) is 0 Å². The molecule has 0 atom stereocenters. The van der Waals surface area contributed by atoms with Crippen LogP contribution in [0.5, 0.6) is 5.88 Å². The molecule has 2 aromatic heterocycles. The first-order valence-corrected chi connectivity index (χ1v) is 3.23. The quantitative estimate of drug-likeness (QED) is 0.567. The Morgan fingerprint density at radius 2 is 2.09 bits per heavy atom. The van der Waals surface area contributed by atoms with E-state index in [1.165, 1.54) is 12.3 Å². The molecular weight excluding hydrogens is 140 g/mol. The van der Waals surface area contributed by atoms with Crippen molar-refractivity contribution < 1.29 is 5.11 Å². The van der Waals surface area contributed by atoms with Crippen molar-refractivity contribution in [3.8, 4) is 5.88 Å². The van der Waals surface area contributed by atoms with Gasteiger partial charge in [0.25, 0.3) is 5.88 Å². The van der Waals surface area contributed by atoms with Gasteiger partial charge in [-0.15, -0.1) is 0 Å². The van der Waals surface area contributed by atoms with Crippen LogP contribution in [0.4, 0.5) is 0 Å². The Kier molecular flexibility index (Phi) is 1.22. The molecule has 0 amide bonds. The molecule has 0 aliphatic carbocycles. The second-order valence-corrected chi connectivity index (χ2v) is 2.25. The van der Waals surface area contributed by atoms with Crippen LogP contribution >= 0.6 is 0 Å². The lowest BCUT2D eigenvalue weighted by Crippen LogP contribution is -1.76. The second kappa shape index (κ2) is 2.20. The van der Waals surface area contributed by atoms with Gasteiger partial charge in [-0.2, -0.15) is 0 Å². The largest absolute Gasteiger partial charge is 0.270 e. The highest BCUT2D eigenvalue weighted by Crippen LogP contribution is 2.15. The zero-order valence-electron chi connectivity index (χ0n) is 5.69. The molecule has 3 nitrogen and oxygen atoms in total. The highest BCUT2D eigenvalue weighted by Gasteiger charge is 1.94. The van der Waals surface area contributed by atoms with E-state index in [4.69, 9.17) is 0 Å². The molecule has 0 bridgehead atoms. The molecule has 0 aliphatic rings. The van der Waals surface area contributed by atoms with Crippen LogP contribution in [0.25, 0.3) is 10.8 Å². The van der Waals surface area contributed by atoms with Gasteiger partial charge < -0.3 is 0 Å². The molecule has 0 spiro atoms. The fourth-order valence-electron chi connectivity index (χ4n) is 0.960.